The summed E-state index contributed by atoms with van der Waals surface area (Å²) >= 11 is 0. The molecule has 7 heteroatoms. The molecular formula is C20H18FN3O3. The molecule has 2 aliphatic heterocycles. The van der Waals surface area contributed by atoms with Crippen molar-refractivity contribution in [1.29, 1.82) is 0 Å². The van der Waals surface area contributed by atoms with Gasteiger partial charge in [0.15, 0.2) is 5.41 Å². The molecule has 2 aromatic carbocycles. The Hall–Kier alpha value is -3.22. The van der Waals surface area contributed by atoms with Crippen LogP contribution in [0.1, 0.15) is 11.1 Å². The lowest BCUT2D eigenvalue weighted by molar-refractivity contribution is -0.142. The summed E-state index contributed by atoms with van der Waals surface area (Å²) in [6.07, 6.45) is 0.198. The molecule has 0 unspecified atom stereocenters. The van der Waals surface area contributed by atoms with Gasteiger partial charge in [-0.05, 0) is 49.2 Å². The Morgan fingerprint density at radius 2 is 1.78 bits per heavy atom. The van der Waals surface area contributed by atoms with Gasteiger partial charge in [-0.1, -0.05) is 17.7 Å². The van der Waals surface area contributed by atoms with Crippen molar-refractivity contribution in [2.75, 3.05) is 23.4 Å². The Kier molecular flexibility index (Phi) is 3.76. The van der Waals surface area contributed by atoms with E-state index in [0.717, 1.165) is 21.7 Å². The molecule has 4 amide bonds. The van der Waals surface area contributed by atoms with E-state index < -0.39 is 29.1 Å². The van der Waals surface area contributed by atoms with E-state index in [-0.39, 0.29) is 18.7 Å². The molecule has 4 rings (SSSR count). The van der Waals surface area contributed by atoms with Crippen LogP contribution < -0.4 is 15.1 Å². The van der Waals surface area contributed by atoms with E-state index in [2.05, 4.69) is 5.32 Å². The summed E-state index contributed by atoms with van der Waals surface area (Å²) in [5.41, 5.74) is 1.66. The van der Waals surface area contributed by atoms with Gasteiger partial charge in [0, 0.05) is 19.3 Å². The molecule has 0 aliphatic carbocycles. The van der Waals surface area contributed by atoms with Crippen LogP contribution in [0.5, 0.6) is 0 Å². The standard InChI is InChI=1S/C20H18FN3O3/c1-12-3-8-16-13(9-12)10-20(11-23(16)2)17(25)22-19(27)24(18(20)26)15-6-4-14(21)5-7-15/h3-9H,10-11H2,1-2H3,(H,22,25,27)/t20-/m0/s1. The first-order valence-electron chi connectivity index (χ1n) is 8.58. The maximum atomic E-state index is 13.4. The van der Waals surface area contributed by atoms with Crippen molar-refractivity contribution in [3.63, 3.8) is 0 Å². The smallest absolute Gasteiger partial charge is 0.335 e. The van der Waals surface area contributed by atoms with Crippen molar-refractivity contribution in [2.24, 2.45) is 5.41 Å². The number of carbonyl (C=O) groups excluding carboxylic acids is 3. The van der Waals surface area contributed by atoms with E-state index in [1.807, 2.05) is 37.1 Å². The molecule has 2 aromatic rings. The van der Waals surface area contributed by atoms with E-state index in [9.17, 15) is 18.8 Å². The first-order chi connectivity index (χ1) is 12.8. The van der Waals surface area contributed by atoms with Crippen LogP contribution in [0.15, 0.2) is 42.5 Å². The number of carbonyl (C=O) groups is 3. The van der Waals surface area contributed by atoms with E-state index >= 15 is 0 Å². The lowest BCUT2D eigenvalue weighted by Crippen LogP contribution is -2.68. The highest BCUT2D eigenvalue weighted by Crippen LogP contribution is 2.40. The number of nitrogens with zero attached hydrogens (tertiary/aromatic N) is 2. The maximum absolute atomic E-state index is 13.4. The van der Waals surface area contributed by atoms with Gasteiger partial charge >= 0.3 is 6.03 Å². The van der Waals surface area contributed by atoms with Gasteiger partial charge < -0.3 is 4.90 Å². The number of benzene rings is 2. The molecule has 1 atom stereocenters. The number of hydrogen-bond donors (Lipinski definition) is 1. The average molecular weight is 367 g/mol. The zero-order chi connectivity index (χ0) is 19.3. The third kappa shape index (κ3) is 2.58. The van der Waals surface area contributed by atoms with E-state index in [1.165, 1.54) is 24.3 Å². The fourth-order valence-corrected chi connectivity index (χ4v) is 3.90. The number of aryl methyl sites for hydroxylation is 1. The highest BCUT2D eigenvalue weighted by Gasteiger charge is 2.56. The first-order valence-corrected chi connectivity index (χ1v) is 8.58. The minimum absolute atomic E-state index is 0.151. The van der Waals surface area contributed by atoms with Crippen molar-refractivity contribution in [3.8, 4) is 0 Å². The molecule has 1 N–H and O–H groups in total. The van der Waals surface area contributed by atoms with E-state index in [1.54, 1.807) is 0 Å². The Balaban J connectivity index is 1.80. The van der Waals surface area contributed by atoms with Crippen LogP contribution in [-0.4, -0.2) is 31.4 Å². The number of hydrogen-bond acceptors (Lipinski definition) is 4. The van der Waals surface area contributed by atoms with Gasteiger partial charge in [0.25, 0.3) is 5.91 Å². The largest absolute Gasteiger partial charge is 0.373 e. The second-order valence-electron chi connectivity index (χ2n) is 7.12. The van der Waals surface area contributed by atoms with Gasteiger partial charge in [-0.25, -0.2) is 14.1 Å². The fraction of sp³-hybridized carbons (Fsp3) is 0.250. The monoisotopic (exact) mass is 367 g/mol. The number of anilines is 2. The molecule has 0 bridgehead atoms. The summed E-state index contributed by atoms with van der Waals surface area (Å²) in [5.74, 6) is -1.67. The number of rotatable bonds is 1. The quantitative estimate of drug-likeness (QED) is 0.786. The summed E-state index contributed by atoms with van der Waals surface area (Å²) in [4.78, 5) is 41.3. The zero-order valence-electron chi connectivity index (χ0n) is 15.0. The molecule has 138 valence electrons. The van der Waals surface area contributed by atoms with Crippen LogP contribution in [0.4, 0.5) is 20.6 Å². The molecule has 2 heterocycles. The third-order valence-corrected chi connectivity index (χ3v) is 5.20. The number of urea groups is 1. The van der Waals surface area contributed by atoms with Crippen LogP contribution in [0.3, 0.4) is 0 Å². The van der Waals surface area contributed by atoms with Crippen LogP contribution in [-0.2, 0) is 16.0 Å². The van der Waals surface area contributed by atoms with E-state index in [0.29, 0.717) is 0 Å². The van der Waals surface area contributed by atoms with Crippen LogP contribution >= 0.6 is 0 Å². The van der Waals surface area contributed by atoms with Crippen LogP contribution in [0.2, 0.25) is 0 Å². The number of amides is 4. The van der Waals surface area contributed by atoms with Gasteiger partial charge in [0.1, 0.15) is 5.82 Å². The van der Waals surface area contributed by atoms with Crippen molar-refractivity contribution < 1.29 is 18.8 Å². The van der Waals surface area contributed by atoms with Crippen molar-refractivity contribution in [3.05, 3.63) is 59.4 Å². The second-order valence-corrected chi connectivity index (χ2v) is 7.12. The molecule has 0 saturated carbocycles. The minimum Gasteiger partial charge on any atom is -0.373 e. The fourth-order valence-electron chi connectivity index (χ4n) is 3.90. The molecule has 2 aliphatic rings. The number of fused-ring (bicyclic) bond motifs is 1. The Labute approximate surface area is 155 Å². The van der Waals surface area contributed by atoms with Crippen molar-refractivity contribution in [2.45, 2.75) is 13.3 Å². The minimum atomic E-state index is -1.42. The lowest BCUT2D eigenvalue weighted by Gasteiger charge is -2.45. The van der Waals surface area contributed by atoms with Gasteiger partial charge in [0.2, 0.25) is 5.91 Å². The molecule has 6 nitrogen and oxygen atoms in total. The van der Waals surface area contributed by atoms with Gasteiger partial charge in [-0.3, -0.25) is 14.9 Å². The summed E-state index contributed by atoms with van der Waals surface area (Å²) in [7, 11) is 1.81. The third-order valence-electron chi connectivity index (χ3n) is 5.20. The number of halogens is 1. The van der Waals surface area contributed by atoms with Gasteiger partial charge in [-0.2, -0.15) is 0 Å². The molecule has 1 spiro atoms. The Morgan fingerprint density at radius 3 is 2.48 bits per heavy atom. The summed E-state index contributed by atoms with van der Waals surface area (Å²) in [5, 5.41) is 2.31. The molecule has 1 fully saturated rings. The first kappa shape index (κ1) is 17.2. The normalized spacial score (nSPS) is 22.1. The molecule has 27 heavy (non-hydrogen) atoms. The molecular weight excluding hydrogens is 349 g/mol. The Morgan fingerprint density at radius 1 is 1.07 bits per heavy atom. The molecule has 1 saturated heterocycles. The van der Waals surface area contributed by atoms with Crippen LogP contribution in [0.25, 0.3) is 0 Å². The van der Waals surface area contributed by atoms with Gasteiger partial charge in [-0.15, -0.1) is 0 Å². The second kappa shape index (κ2) is 5.90. The summed E-state index contributed by atoms with van der Waals surface area (Å²) < 4.78 is 13.2. The predicted octanol–water partition coefficient (Wildman–Crippen LogP) is 2.40. The molecule has 0 aromatic heterocycles. The lowest BCUT2D eigenvalue weighted by atomic mass is 9.74. The number of nitrogens with one attached hydrogen (secondary N) is 1. The average Bonchev–Trinajstić information content (AvgIpc) is 2.61. The number of imide groups is 2. The van der Waals surface area contributed by atoms with E-state index in [4.69, 9.17) is 0 Å². The highest BCUT2D eigenvalue weighted by atomic mass is 19.1. The predicted molar refractivity (Wildman–Crippen MR) is 98.0 cm³/mol. The SMILES string of the molecule is Cc1ccc2c(c1)C[C@]1(CN2C)C(=O)NC(=O)N(c2ccc(F)cc2)C1=O. The highest BCUT2D eigenvalue weighted by molar-refractivity contribution is 6.30. The number of barbiturate groups is 1. The Bertz CT molecular complexity index is 973. The topological polar surface area (TPSA) is 69.7 Å². The zero-order valence-corrected chi connectivity index (χ0v) is 15.0. The van der Waals surface area contributed by atoms with Gasteiger partial charge in [0.05, 0.1) is 5.69 Å². The van der Waals surface area contributed by atoms with Crippen molar-refractivity contribution in [1.82, 2.24) is 5.32 Å². The van der Waals surface area contributed by atoms with Crippen LogP contribution in [0, 0.1) is 18.2 Å². The summed E-state index contributed by atoms with van der Waals surface area (Å²) in [6, 6.07) is 10.1. The van der Waals surface area contributed by atoms with Crippen molar-refractivity contribution >= 4 is 29.2 Å². The summed E-state index contributed by atoms with van der Waals surface area (Å²) in [6.45, 7) is 2.09. The maximum Gasteiger partial charge on any atom is 0.335 e. The molecule has 0 radical (unpaired) electrons.